The first-order valence-corrected chi connectivity index (χ1v) is 11.2. The van der Waals surface area contributed by atoms with Crippen LogP contribution < -0.4 is 9.64 Å². The van der Waals surface area contributed by atoms with Gasteiger partial charge in [-0.25, -0.2) is 4.79 Å². The lowest BCUT2D eigenvalue weighted by molar-refractivity contribution is -0.136. The van der Waals surface area contributed by atoms with Crippen LogP contribution in [0.25, 0.3) is 6.08 Å². The fraction of sp³-hybridized carbons (Fsp3) is 0.172. The van der Waals surface area contributed by atoms with Crippen LogP contribution in [-0.2, 0) is 27.4 Å². The van der Waals surface area contributed by atoms with Crippen molar-refractivity contribution in [2.75, 3.05) is 12.0 Å². The molecule has 0 radical (unpaired) electrons. The number of nitrogens with zero attached hydrogens (tertiary/aromatic N) is 1. The second-order valence-electron chi connectivity index (χ2n) is 8.01. The molecule has 34 heavy (non-hydrogen) atoms. The summed E-state index contributed by atoms with van der Waals surface area (Å²) in [7, 11) is 1.32. The van der Waals surface area contributed by atoms with E-state index in [0.717, 1.165) is 23.3 Å². The average Bonchev–Trinajstić information content (AvgIpc) is 3.12. The zero-order valence-electron chi connectivity index (χ0n) is 19.6. The number of rotatable bonds is 7. The Hall–Kier alpha value is -4.12. The predicted molar refractivity (Wildman–Crippen MR) is 133 cm³/mol. The summed E-state index contributed by atoms with van der Waals surface area (Å²) in [6.07, 6.45) is 2.63. The van der Waals surface area contributed by atoms with Gasteiger partial charge in [0.2, 0.25) is 0 Å². The summed E-state index contributed by atoms with van der Waals surface area (Å²) in [5.41, 5.74) is 4.90. The van der Waals surface area contributed by atoms with Crippen LogP contribution in [-0.4, -0.2) is 19.0 Å². The highest BCUT2D eigenvalue weighted by atomic mass is 16.5. The van der Waals surface area contributed by atoms with Gasteiger partial charge in [-0.3, -0.25) is 9.69 Å². The quantitative estimate of drug-likeness (QED) is 0.340. The molecule has 0 unspecified atom stereocenters. The number of hydrogen-bond donors (Lipinski definition) is 0. The van der Waals surface area contributed by atoms with Crippen LogP contribution in [0.15, 0.2) is 95.7 Å². The zero-order chi connectivity index (χ0) is 24.1. The van der Waals surface area contributed by atoms with Crippen LogP contribution in [0.5, 0.6) is 5.75 Å². The van der Waals surface area contributed by atoms with Gasteiger partial charge in [0.15, 0.2) is 0 Å². The molecule has 0 N–H and O–H groups in total. The molecule has 0 aromatic heterocycles. The third kappa shape index (κ3) is 4.79. The summed E-state index contributed by atoms with van der Waals surface area (Å²) in [4.78, 5) is 27.6. The van der Waals surface area contributed by atoms with Crippen molar-refractivity contribution < 1.29 is 19.1 Å². The van der Waals surface area contributed by atoms with Gasteiger partial charge in [0.25, 0.3) is 5.91 Å². The third-order valence-corrected chi connectivity index (χ3v) is 5.83. The number of methoxy groups -OCH3 is 1. The highest BCUT2D eigenvalue weighted by Crippen LogP contribution is 2.35. The van der Waals surface area contributed by atoms with E-state index < -0.39 is 5.97 Å². The zero-order valence-corrected chi connectivity index (χ0v) is 19.6. The lowest BCUT2D eigenvalue weighted by Gasteiger charge is -2.18. The number of carbonyl (C=O) groups is 2. The van der Waals surface area contributed by atoms with Gasteiger partial charge in [0, 0.05) is 11.4 Å². The number of carbonyl (C=O) groups excluding carboxylic acids is 2. The summed E-state index contributed by atoms with van der Waals surface area (Å²) in [6, 6.07) is 25.1. The summed E-state index contributed by atoms with van der Waals surface area (Å²) < 4.78 is 10.8. The number of amides is 1. The standard InChI is InChI=1S/C29H27NO4/c1-4-21-10-14-24(15-11-21)30-20(2)27(29(32)33-3)26(28(30)31)18-22-12-16-25(17-13-22)34-19-23-8-6-5-7-9-23/h5-18H,4,19H2,1-3H3/b26-18-. The highest BCUT2D eigenvalue weighted by molar-refractivity contribution is 6.23. The summed E-state index contributed by atoms with van der Waals surface area (Å²) in [5, 5.41) is 0. The minimum absolute atomic E-state index is 0.258. The Morgan fingerprint density at radius 3 is 2.21 bits per heavy atom. The van der Waals surface area contributed by atoms with E-state index in [2.05, 4.69) is 6.92 Å². The number of allylic oxidation sites excluding steroid dienone is 1. The number of esters is 1. The second kappa shape index (κ2) is 10.2. The maximum Gasteiger partial charge on any atom is 0.340 e. The molecule has 0 saturated heterocycles. The van der Waals surface area contributed by atoms with E-state index in [9.17, 15) is 9.59 Å². The number of hydrogen-bond acceptors (Lipinski definition) is 4. The Kier molecular flexibility index (Phi) is 6.93. The molecule has 0 spiro atoms. The van der Waals surface area contributed by atoms with Gasteiger partial charge < -0.3 is 9.47 Å². The molecule has 3 aromatic carbocycles. The fourth-order valence-corrected chi connectivity index (χ4v) is 3.94. The Balaban J connectivity index is 1.60. The minimum Gasteiger partial charge on any atom is -0.489 e. The molecule has 3 aromatic rings. The van der Waals surface area contributed by atoms with Crippen molar-refractivity contribution in [1.82, 2.24) is 0 Å². The molecule has 1 amide bonds. The minimum atomic E-state index is -0.535. The van der Waals surface area contributed by atoms with E-state index in [1.54, 1.807) is 17.9 Å². The van der Waals surface area contributed by atoms with Crippen LogP contribution in [0.4, 0.5) is 5.69 Å². The van der Waals surface area contributed by atoms with Crippen molar-refractivity contribution in [3.63, 3.8) is 0 Å². The number of anilines is 1. The van der Waals surface area contributed by atoms with Gasteiger partial charge >= 0.3 is 5.97 Å². The summed E-state index contributed by atoms with van der Waals surface area (Å²) in [6.45, 7) is 4.31. The van der Waals surface area contributed by atoms with E-state index in [0.29, 0.717) is 23.6 Å². The molecule has 1 aliphatic heterocycles. The predicted octanol–water partition coefficient (Wildman–Crippen LogP) is 5.71. The van der Waals surface area contributed by atoms with Crippen LogP contribution in [0.2, 0.25) is 0 Å². The molecule has 0 saturated carbocycles. The molecule has 1 heterocycles. The van der Waals surface area contributed by atoms with Gasteiger partial charge in [0.1, 0.15) is 12.4 Å². The molecule has 0 bridgehead atoms. The fourth-order valence-electron chi connectivity index (χ4n) is 3.94. The lowest BCUT2D eigenvalue weighted by Crippen LogP contribution is -2.24. The molecule has 1 aliphatic rings. The van der Waals surface area contributed by atoms with E-state index in [1.807, 2.05) is 78.9 Å². The van der Waals surface area contributed by atoms with Crippen LogP contribution in [0.3, 0.4) is 0 Å². The Labute approximate surface area is 199 Å². The maximum atomic E-state index is 13.4. The topological polar surface area (TPSA) is 55.8 Å². The summed E-state index contributed by atoms with van der Waals surface area (Å²) in [5.74, 6) is -0.0690. The second-order valence-corrected chi connectivity index (χ2v) is 8.01. The van der Waals surface area contributed by atoms with E-state index in [4.69, 9.17) is 9.47 Å². The van der Waals surface area contributed by atoms with Crippen molar-refractivity contribution in [2.24, 2.45) is 0 Å². The Morgan fingerprint density at radius 1 is 0.912 bits per heavy atom. The SMILES string of the molecule is CCc1ccc(N2C(=O)/C(=C\c3ccc(OCc4ccccc4)cc3)C(C(=O)OC)=C2C)cc1. The first kappa shape index (κ1) is 23.1. The van der Waals surface area contributed by atoms with E-state index in [1.165, 1.54) is 12.7 Å². The first-order chi connectivity index (χ1) is 16.5. The molecule has 4 rings (SSSR count). The molecule has 0 atom stereocenters. The average molecular weight is 454 g/mol. The summed E-state index contributed by atoms with van der Waals surface area (Å²) >= 11 is 0. The Morgan fingerprint density at radius 2 is 1.59 bits per heavy atom. The Bertz CT molecular complexity index is 1240. The lowest BCUT2D eigenvalue weighted by atomic mass is 10.0. The van der Waals surface area contributed by atoms with Crippen molar-refractivity contribution >= 4 is 23.6 Å². The van der Waals surface area contributed by atoms with Gasteiger partial charge in [-0.15, -0.1) is 0 Å². The molecule has 5 heteroatoms. The molecular formula is C29H27NO4. The first-order valence-electron chi connectivity index (χ1n) is 11.2. The van der Waals surface area contributed by atoms with E-state index >= 15 is 0 Å². The maximum absolute atomic E-state index is 13.4. The van der Waals surface area contributed by atoms with Crippen LogP contribution in [0.1, 0.15) is 30.5 Å². The number of benzene rings is 3. The molecule has 0 aliphatic carbocycles. The number of aryl methyl sites for hydroxylation is 1. The smallest absolute Gasteiger partial charge is 0.340 e. The highest BCUT2D eigenvalue weighted by Gasteiger charge is 2.37. The van der Waals surface area contributed by atoms with Crippen LogP contribution >= 0.6 is 0 Å². The van der Waals surface area contributed by atoms with Gasteiger partial charge in [0.05, 0.1) is 18.3 Å². The van der Waals surface area contributed by atoms with Gasteiger partial charge in [-0.05, 0) is 60.4 Å². The van der Waals surface area contributed by atoms with E-state index in [-0.39, 0.29) is 11.5 Å². The molecule has 0 fully saturated rings. The van der Waals surface area contributed by atoms with Crippen molar-refractivity contribution in [1.29, 1.82) is 0 Å². The largest absolute Gasteiger partial charge is 0.489 e. The third-order valence-electron chi connectivity index (χ3n) is 5.83. The molecule has 5 nitrogen and oxygen atoms in total. The molecular weight excluding hydrogens is 426 g/mol. The van der Waals surface area contributed by atoms with Crippen molar-refractivity contribution in [3.8, 4) is 5.75 Å². The van der Waals surface area contributed by atoms with Crippen LogP contribution in [0, 0.1) is 0 Å². The molecule has 172 valence electrons. The van der Waals surface area contributed by atoms with Gasteiger partial charge in [-0.2, -0.15) is 0 Å². The van der Waals surface area contributed by atoms with Gasteiger partial charge in [-0.1, -0.05) is 61.5 Å². The van der Waals surface area contributed by atoms with Crippen molar-refractivity contribution in [2.45, 2.75) is 26.9 Å². The normalized spacial score (nSPS) is 14.6. The van der Waals surface area contributed by atoms with Crippen molar-refractivity contribution in [3.05, 3.63) is 112 Å². The number of ether oxygens (including phenoxy) is 2. The monoisotopic (exact) mass is 453 g/mol.